The van der Waals surface area contributed by atoms with Crippen molar-refractivity contribution >= 4 is 28.7 Å². The van der Waals surface area contributed by atoms with E-state index in [0.717, 1.165) is 35.4 Å². The van der Waals surface area contributed by atoms with E-state index in [1.807, 2.05) is 24.4 Å². The molecule has 7 heteroatoms. The Hall–Kier alpha value is -1.76. The molecule has 1 fully saturated rings. The van der Waals surface area contributed by atoms with Crippen molar-refractivity contribution < 1.29 is 19.4 Å². The Kier molecular flexibility index (Phi) is 5.83. The molecule has 0 amide bonds. The molecule has 0 unspecified atom stereocenters. The Balaban J connectivity index is 1.59. The maximum atomic E-state index is 11.5. The van der Waals surface area contributed by atoms with Gasteiger partial charge in [0.25, 0.3) is 0 Å². The van der Waals surface area contributed by atoms with Gasteiger partial charge in [0.15, 0.2) is 0 Å². The lowest BCUT2D eigenvalue weighted by Crippen LogP contribution is -2.49. The molecule has 3 rings (SSSR count). The van der Waals surface area contributed by atoms with Crippen molar-refractivity contribution in [3.63, 3.8) is 0 Å². The van der Waals surface area contributed by atoms with Crippen LogP contribution in [0.1, 0.15) is 18.9 Å². The quantitative estimate of drug-likeness (QED) is 0.796. The number of aliphatic hydroxyl groups excluding tert-OH is 1. The Morgan fingerprint density at radius 3 is 3.12 bits per heavy atom. The van der Waals surface area contributed by atoms with Crippen LogP contribution in [0, 0.1) is 0 Å². The molecule has 1 aliphatic rings. The van der Waals surface area contributed by atoms with Crippen LogP contribution in [0.5, 0.6) is 0 Å². The zero-order valence-electron chi connectivity index (χ0n) is 14.2. The van der Waals surface area contributed by atoms with E-state index in [2.05, 4.69) is 9.88 Å². The van der Waals surface area contributed by atoms with Crippen LogP contribution in [-0.2, 0) is 15.9 Å². The molecule has 2 atom stereocenters. The number of rotatable bonds is 5. The normalized spacial score (nSPS) is 21.4. The van der Waals surface area contributed by atoms with E-state index in [1.165, 1.54) is 5.56 Å². The van der Waals surface area contributed by atoms with Crippen LogP contribution < -0.4 is 0 Å². The summed E-state index contributed by atoms with van der Waals surface area (Å²) in [5.41, 5.74) is 2.27. The monoisotopic (exact) mass is 366 g/mol. The van der Waals surface area contributed by atoms with Crippen molar-refractivity contribution in [1.29, 1.82) is 0 Å². The van der Waals surface area contributed by atoms with Gasteiger partial charge in [0.1, 0.15) is 6.10 Å². The van der Waals surface area contributed by atoms with Crippen LogP contribution in [0.3, 0.4) is 0 Å². The van der Waals surface area contributed by atoms with Gasteiger partial charge < -0.3 is 19.6 Å². The summed E-state index contributed by atoms with van der Waals surface area (Å²) >= 11 is 6.09. The summed E-state index contributed by atoms with van der Waals surface area (Å²) < 4.78 is 10.0. The average Bonchev–Trinajstić information content (AvgIpc) is 2.98. The average molecular weight is 367 g/mol. The van der Waals surface area contributed by atoms with Gasteiger partial charge in [-0.05, 0) is 43.5 Å². The maximum absolute atomic E-state index is 11.5. The number of likely N-dealkylation sites (tertiary alicyclic amines) is 1. The van der Waals surface area contributed by atoms with Crippen LogP contribution >= 0.6 is 11.6 Å². The molecular formula is C18H23ClN2O4. The Morgan fingerprint density at radius 1 is 1.48 bits per heavy atom. The first-order valence-electron chi connectivity index (χ1n) is 8.56. The summed E-state index contributed by atoms with van der Waals surface area (Å²) in [6.07, 6.45) is 1.51. The number of halogens is 1. The first-order chi connectivity index (χ1) is 12.1. The van der Waals surface area contributed by atoms with Crippen LogP contribution in [-0.4, -0.2) is 59.6 Å². The summed E-state index contributed by atoms with van der Waals surface area (Å²) in [5.74, 6) is 0. The highest BCUT2D eigenvalue weighted by Gasteiger charge is 2.31. The first kappa shape index (κ1) is 18.0. The summed E-state index contributed by atoms with van der Waals surface area (Å²) in [5, 5.41) is 11.9. The van der Waals surface area contributed by atoms with E-state index in [1.54, 1.807) is 6.92 Å². The second-order valence-corrected chi connectivity index (χ2v) is 6.69. The molecule has 0 radical (unpaired) electrons. The summed E-state index contributed by atoms with van der Waals surface area (Å²) in [6.45, 7) is 4.07. The van der Waals surface area contributed by atoms with E-state index in [4.69, 9.17) is 21.1 Å². The summed E-state index contributed by atoms with van der Waals surface area (Å²) in [7, 11) is 0. The molecule has 0 saturated carbocycles. The minimum atomic E-state index is -0.723. The number of nitrogens with one attached hydrogen (secondary N) is 1. The van der Waals surface area contributed by atoms with Crippen LogP contribution in [0.25, 0.3) is 10.9 Å². The molecule has 1 aromatic heterocycles. The van der Waals surface area contributed by atoms with Gasteiger partial charge in [-0.3, -0.25) is 4.90 Å². The van der Waals surface area contributed by atoms with Crippen molar-refractivity contribution in [3.05, 3.63) is 35.0 Å². The van der Waals surface area contributed by atoms with E-state index in [9.17, 15) is 9.90 Å². The predicted molar refractivity (Wildman–Crippen MR) is 96.0 cm³/mol. The second-order valence-electron chi connectivity index (χ2n) is 6.25. The number of nitrogens with zero attached hydrogens (tertiary/aromatic N) is 1. The Labute approximate surface area is 151 Å². The number of hydrogen-bond donors (Lipinski definition) is 2. The van der Waals surface area contributed by atoms with Crippen LogP contribution in [0.15, 0.2) is 24.4 Å². The van der Waals surface area contributed by atoms with Crippen molar-refractivity contribution in [3.8, 4) is 0 Å². The van der Waals surface area contributed by atoms with Gasteiger partial charge >= 0.3 is 6.16 Å². The highest BCUT2D eigenvalue weighted by Crippen LogP contribution is 2.23. The lowest BCUT2D eigenvalue weighted by atomic mass is 10.0. The third-order valence-electron chi connectivity index (χ3n) is 4.55. The molecule has 0 spiro atoms. The van der Waals surface area contributed by atoms with Crippen molar-refractivity contribution in [1.82, 2.24) is 9.88 Å². The summed E-state index contributed by atoms with van der Waals surface area (Å²) in [4.78, 5) is 16.9. The molecule has 0 bridgehead atoms. The molecule has 2 heterocycles. The molecule has 1 aliphatic heterocycles. The number of ether oxygens (including phenoxy) is 2. The number of carbonyl (C=O) groups excluding carboxylic acids is 1. The SMILES string of the molecule is CCOC(=O)O[C@H]1CN(CCc2c[nH]c3ccc(Cl)cc23)CC[C@@H]1O. The minimum Gasteiger partial charge on any atom is -0.435 e. The van der Waals surface area contributed by atoms with Gasteiger partial charge in [-0.1, -0.05) is 11.6 Å². The molecule has 0 aliphatic carbocycles. The van der Waals surface area contributed by atoms with Gasteiger partial charge in [0.2, 0.25) is 0 Å². The van der Waals surface area contributed by atoms with Gasteiger partial charge in [0, 0.05) is 41.8 Å². The Bertz CT molecular complexity index is 733. The fourth-order valence-electron chi connectivity index (χ4n) is 3.20. The molecule has 1 aromatic carbocycles. The van der Waals surface area contributed by atoms with Crippen LogP contribution in [0.2, 0.25) is 5.02 Å². The smallest absolute Gasteiger partial charge is 0.435 e. The third kappa shape index (κ3) is 4.45. The Morgan fingerprint density at radius 2 is 2.32 bits per heavy atom. The van der Waals surface area contributed by atoms with E-state index in [0.29, 0.717) is 13.0 Å². The number of carbonyl (C=O) groups is 1. The van der Waals surface area contributed by atoms with Crippen LogP contribution in [0.4, 0.5) is 4.79 Å². The molecule has 2 aromatic rings. The highest BCUT2D eigenvalue weighted by atomic mass is 35.5. The second kappa shape index (κ2) is 8.08. The maximum Gasteiger partial charge on any atom is 0.508 e. The van der Waals surface area contributed by atoms with Crippen molar-refractivity contribution in [2.45, 2.75) is 32.0 Å². The third-order valence-corrected chi connectivity index (χ3v) is 4.78. The lowest BCUT2D eigenvalue weighted by Gasteiger charge is -2.35. The molecular weight excluding hydrogens is 344 g/mol. The molecule has 2 N–H and O–H groups in total. The summed E-state index contributed by atoms with van der Waals surface area (Å²) in [6, 6.07) is 5.81. The number of aromatic nitrogens is 1. The van der Waals surface area contributed by atoms with E-state index >= 15 is 0 Å². The zero-order valence-corrected chi connectivity index (χ0v) is 15.0. The van der Waals surface area contributed by atoms with Gasteiger partial charge in [0.05, 0.1) is 12.7 Å². The van der Waals surface area contributed by atoms with Crippen molar-refractivity contribution in [2.24, 2.45) is 0 Å². The number of H-pyrrole nitrogens is 1. The fraction of sp³-hybridized carbons (Fsp3) is 0.500. The first-order valence-corrected chi connectivity index (χ1v) is 8.94. The standard InChI is InChI=1S/C18H23ClN2O4/c1-2-24-18(23)25-17-11-21(8-6-16(17)22)7-5-12-10-20-15-4-3-13(19)9-14(12)15/h3-4,9-10,16-17,20,22H,2,5-8,11H2,1H3/t16-,17-/m0/s1. The van der Waals surface area contributed by atoms with E-state index in [-0.39, 0.29) is 6.61 Å². The largest absolute Gasteiger partial charge is 0.508 e. The lowest BCUT2D eigenvalue weighted by molar-refractivity contribution is -0.0670. The minimum absolute atomic E-state index is 0.258. The molecule has 6 nitrogen and oxygen atoms in total. The fourth-order valence-corrected chi connectivity index (χ4v) is 3.37. The van der Waals surface area contributed by atoms with E-state index < -0.39 is 18.4 Å². The number of fused-ring (bicyclic) bond motifs is 1. The highest BCUT2D eigenvalue weighted by molar-refractivity contribution is 6.31. The zero-order chi connectivity index (χ0) is 17.8. The number of aromatic amines is 1. The number of piperidine rings is 1. The number of aliphatic hydroxyl groups is 1. The molecule has 1 saturated heterocycles. The van der Waals surface area contributed by atoms with Gasteiger partial charge in [-0.2, -0.15) is 0 Å². The predicted octanol–water partition coefficient (Wildman–Crippen LogP) is 2.97. The topological polar surface area (TPSA) is 74.8 Å². The van der Waals surface area contributed by atoms with Gasteiger partial charge in [-0.15, -0.1) is 0 Å². The number of benzene rings is 1. The molecule has 25 heavy (non-hydrogen) atoms. The number of hydrogen-bond acceptors (Lipinski definition) is 5. The van der Waals surface area contributed by atoms with Gasteiger partial charge in [-0.25, -0.2) is 4.79 Å². The van der Waals surface area contributed by atoms with Crippen molar-refractivity contribution in [2.75, 3.05) is 26.2 Å². The molecule has 136 valence electrons.